The van der Waals surface area contributed by atoms with Crippen LogP contribution in [0.15, 0.2) is 28.7 Å². The van der Waals surface area contributed by atoms with Gasteiger partial charge < -0.3 is 34.7 Å². The maximum absolute atomic E-state index is 12.7. The first-order chi connectivity index (χ1) is 28.3. The maximum atomic E-state index is 12.7. The van der Waals surface area contributed by atoms with Gasteiger partial charge in [-0.15, -0.1) is 0 Å². The SMILES string of the molecule is CCCCCc1oc(CCCCCCCCC(=O)O[C@H](COC(=O)CCC/C=C\C[C@H]2C(=O)C[C@@H](O)[C@@H]2/C=C/[C@@H](O)CCCCC)COP(=O)(O)OCCN)c(C)c1C. The number of aliphatic hydroxyl groups is 2. The van der Waals surface area contributed by atoms with E-state index in [9.17, 15) is 34.1 Å². The molecule has 0 aromatic carbocycles. The number of allylic oxidation sites excluding steroid dienone is 2. The Bertz CT molecular complexity index is 1460. The molecule has 1 aliphatic carbocycles. The standard InChI is InChI=1S/C45H76NO12P/c1-5-7-15-21-36(47)27-28-39-38(40(48)31-41(39)49)22-17-13-14-19-25-44(50)54-32-37(33-56-59(52,53)55-30-29-46)57-45(51)26-20-12-10-9-11-18-24-43-35(4)34(3)42(58-43)23-16-8-6-2/h13,17,27-28,36-39,41,47,49H,5-12,14-16,18-26,29-33,46H2,1-4H3,(H,52,53)/b17-13-,28-27+/t36-,37+,38+,39+,41+/m0/s1. The monoisotopic (exact) mass is 854 g/mol. The van der Waals surface area contributed by atoms with Gasteiger partial charge in [0.05, 0.1) is 25.4 Å². The second-order valence-electron chi connectivity index (χ2n) is 15.9. The quantitative estimate of drug-likeness (QED) is 0.0222. The zero-order chi connectivity index (χ0) is 43.5. The minimum atomic E-state index is -4.46. The van der Waals surface area contributed by atoms with Gasteiger partial charge in [0.1, 0.15) is 23.9 Å². The normalized spacial score (nSPS) is 19.1. The largest absolute Gasteiger partial charge is 0.472 e. The molecule has 0 saturated heterocycles. The number of carbonyl (C=O) groups excluding carboxylic acids is 3. The molecule has 1 unspecified atom stereocenters. The van der Waals surface area contributed by atoms with Gasteiger partial charge in [-0.05, 0) is 69.9 Å². The van der Waals surface area contributed by atoms with E-state index >= 15 is 0 Å². The fourth-order valence-corrected chi connectivity index (χ4v) is 7.97. The highest BCUT2D eigenvalue weighted by Gasteiger charge is 2.39. The van der Waals surface area contributed by atoms with Crippen LogP contribution in [0.25, 0.3) is 0 Å². The van der Waals surface area contributed by atoms with E-state index in [1.165, 1.54) is 24.0 Å². The summed E-state index contributed by atoms with van der Waals surface area (Å²) in [6.07, 6.45) is 21.3. The molecule has 0 amide bonds. The van der Waals surface area contributed by atoms with Crippen LogP contribution in [0.3, 0.4) is 0 Å². The zero-order valence-corrected chi connectivity index (χ0v) is 37.3. The molecule has 0 radical (unpaired) electrons. The van der Waals surface area contributed by atoms with Crippen molar-refractivity contribution in [2.45, 2.75) is 181 Å². The Morgan fingerprint density at radius 1 is 0.864 bits per heavy atom. The Morgan fingerprint density at radius 2 is 1.49 bits per heavy atom. The Balaban J connectivity index is 1.73. The smallest absolute Gasteiger partial charge is 0.466 e. The van der Waals surface area contributed by atoms with Crippen molar-refractivity contribution in [2.75, 3.05) is 26.4 Å². The second-order valence-corrected chi connectivity index (χ2v) is 17.4. The Morgan fingerprint density at radius 3 is 2.17 bits per heavy atom. The van der Waals surface area contributed by atoms with Crippen molar-refractivity contribution < 1.29 is 57.0 Å². The van der Waals surface area contributed by atoms with Crippen molar-refractivity contribution in [3.63, 3.8) is 0 Å². The third-order valence-electron chi connectivity index (χ3n) is 10.9. The molecule has 1 aromatic rings. The molecule has 1 aromatic heterocycles. The molecular formula is C45H76NO12P. The lowest BCUT2D eigenvalue weighted by Gasteiger charge is -2.19. The number of phosphoric ester groups is 1. The molecule has 5 N–H and O–H groups in total. The molecule has 1 aliphatic rings. The lowest BCUT2D eigenvalue weighted by atomic mass is 9.90. The number of aryl methyl sites for hydroxylation is 2. The number of furan rings is 1. The summed E-state index contributed by atoms with van der Waals surface area (Å²) >= 11 is 0. The van der Waals surface area contributed by atoms with Crippen molar-refractivity contribution in [1.29, 1.82) is 0 Å². The van der Waals surface area contributed by atoms with Crippen LogP contribution < -0.4 is 5.73 Å². The van der Waals surface area contributed by atoms with Crippen LogP contribution in [-0.2, 0) is 50.3 Å². The number of carbonyl (C=O) groups is 3. The molecule has 0 aliphatic heterocycles. The molecule has 59 heavy (non-hydrogen) atoms. The van der Waals surface area contributed by atoms with E-state index in [0.717, 1.165) is 82.1 Å². The van der Waals surface area contributed by atoms with E-state index < -0.39 is 44.7 Å². The average Bonchev–Trinajstić information content (AvgIpc) is 3.63. The first kappa shape index (κ1) is 52.5. The number of aliphatic hydroxyl groups excluding tert-OH is 2. The summed E-state index contributed by atoms with van der Waals surface area (Å²) in [5, 5.41) is 20.7. The lowest BCUT2D eigenvalue weighted by Crippen LogP contribution is -2.29. The summed E-state index contributed by atoms with van der Waals surface area (Å²) < 4.78 is 39.0. The summed E-state index contributed by atoms with van der Waals surface area (Å²) in [6.45, 7) is 7.52. The van der Waals surface area contributed by atoms with Gasteiger partial charge in [0, 0.05) is 50.5 Å². The number of rotatable bonds is 34. The van der Waals surface area contributed by atoms with Crippen LogP contribution in [0.2, 0.25) is 0 Å². The topological polar surface area (TPSA) is 205 Å². The van der Waals surface area contributed by atoms with Crippen LogP contribution in [-0.4, -0.2) is 77.5 Å². The minimum Gasteiger partial charge on any atom is -0.466 e. The van der Waals surface area contributed by atoms with Crippen molar-refractivity contribution in [3.05, 3.63) is 47.0 Å². The molecule has 1 heterocycles. The highest BCUT2D eigenvalue weighted by Crippen LogP contribution is 2.43. The molecule has 0 spiro atoms. The Kier molecular flexibility index (Phi) is 27.0. The fourth-order valence-electron chi connectivity index (χ4n) is 7.20. The van der Waals surface area contributed by atoms with E-state index in [1.807, 2.05) is 12.2 Å². The predicted molar refractivity (Wildman–Crippen MR) is 229 cm³/mol. The van der Waals surface area contributed by atoms with Gasteiger partial charge >= 0.3 is 19.8 Å². The summed E-state index contributed by atoms with van der Waals surface area (Å²) in [5.74, 6) is 0.443. The van der Waals surface area contributed by atoms with Crippen molar-refractivity contribution in [1.82, 2.24) is 0 Å². The minimum absolute atomic E-state index is 0.00641. The Labute approximate surface area is 353 Å². The molecule has 1 saturated carbocycles. The van der Waals surface area contributed by atoms with E-state index in [2.05, 4.69) is 27.7 Å². The zero-order valence-electron chi connectivity index (χ0n) is 36.4. The van der Waals surface area contributed by atoms with E-state index in [0.29, 0.717) is 32.1 Å². The maximum Gasteiger partial charge on any atom is 0.472 e. The molecular weight excluding hydrogens is 777 g/mol. The van der Waals surface area contributed by atoms with Gasteiger partial charge in [-0.2, -0.15) is 0 Å². The third kappa shape index (κ3) is 22.1. The van der Waals surface area contributed by atoms with Crippen LogP contribution in [0.1, 0.15) is 158 Å². The Hall–Kier alpha value is -2.64. The fraction of sp³-hybridized carbons (Fsp3) is 0.756. The number of Topliss-reactive ketones (excluding diaryl/α,β-unsaturated/α-hetero) is 1. The van der Waals surface area contributed by atoms with Gasteiger partial charge in [-0.25, -0.2) is 4.57 Å². The number of hydrogen-bond donors (Lipinski definition) is 4. The van der Waals surface area contributed by atoms with Gasteiger partial charge in [0.25, 0.3) is 0 Å². The third-order valence-corrected chi connectivity index (χ3v) is 11.9. The van der Waals surface area contributed by atoms with Gasteiger partial charge in [0.15, 0.2) is 6.10 Å². The molecule has 338 valence electrons. The summed E-state index contributed by atoms with van der Waals surface area (Å²) in [4.78, 5) is 47.7. The first-order valence-corrected chi connectivity index (χ1v) is 23.8. The van der Waals surface area contributed by atoms with Crippen molar-refractivity contribution >= 4 is 25.5 Å². The van der Waals surface area contributed by atoms with Crippen molar-refractivity contribution in [3.8, 4) is 0 Å². The average molecular weight is 854 g/mol. The van der Waals surface area contributed by atoms with E-state index in [-0.39, 0.29) is 56.6 Å². The molecule has 1 fully saturated rings. The van der Waals surface area contributed by atoms with Gasteiger partial charge in [-0.1, -0.05) is 95.9 Å². The highest BCUT2D eigenvalue weighted by atomic mass is 31.2. The van der Waals surface area contributed by atoms with E-state index in [4.69, 9.17) is 28.7 Å². The van der Waals surface area contributed by atoms with Crippen LogP contribution in [0, 0.1) is 25.7 Å². The van der Waals surface area contributed by atoms with Crippen molar-refractivity contribution in [2.24, 2.45) is 17.6 Å². The summed E-state index contributed by atoms with van der Waals surface area (Å²) in [7, 11) is -4.46. The molecule has 2 rings (SSSR count). The number of phosphoric acid groups is 1. The number of unbranched alkanes of at least 4 members (excludes halogenated alkanes) is 10. The van der Waals surface area contributed by atoms with Gasteiger partial charge in [0.2, 0.25) is 0 Å². The number of ether oxygens (including phenoxy) is 2. The van der Waals surface area contributed by atoms with Gasteiger partial charge in [-0.3, -0.25) is 23.4 Å². The summed E-state index contributed by atoms with van der Waals surface area (Å²) in [5.41, 5.74) is 7.91. The molecule has 6 atom stereocenters. The predicted octanol–water partition coefficient (Wildman–Crippen LogP) is 8.63. The van der Waals surface area contributed by atoms with Crippen LogP contribution in [0.4, 0.5) is 0 Å². The highest BCUT2D eigenvalue weighted by molar-refractivity contribution is 7.47. The molecule has 14 heteroatoms. The lowest BCUT2D eigenvalue weighted by molar-refractivity contribution is -0.161. The van der Waals surface area contributed by atoms with Crippen LogP contribution >= 0.6 is 7.82 Å². The van der Waals surface area contributed by atoms with E-state index in [1.54, 1.807) is 12.2 Å². The van der Waals surface area contributed by atoms with Crippen LogP contribution in [0.5, 0.6) is 0 Å². The molecule has 13 nitrogen and oxygen atoms in total. The molecule has 0 bridgehead atoms. The number of hydrogen-bond acceptors (Lipinski definition) is 12. The second kappa shape index (κ2) is 30.4. The summed E-state index contributed by atoms with van der Waals surface area (Å²) in [6, 6.07) is 0. The number of esters is 2. The number of nitrogens with two attached hydrogens (primary N) is 1. The first-order valence-electron chi connectivity index (χ1n) is 22.3. The number of ketones is 1.